The van der Waals surface area contributed by atoms with Gasteiger partial charge in [-0.2, -0.15) is 0 Å². The lowest BCUT2D eigenvalue weighted by molar-refractivity contribution is -0.130. The van der Waals surface area contributed by atoms with Crippen LogP contribution in [-0.4, -0.2) is 43.9 Å². The highest BCUT2D eigenvalue weighted by Crippen LogP contribution is 2.29. The maximum absolute atomic E-state index is 12.8. The maximum Gasteiger partial charge on any atom is 0.235 e. The molecule has 0 radical (unpaired) electrons. The first-order chi connectivity index (χ1) is 11.6. The normalized spacial score (nSPS) is 19.8. The van der Waals surface area contributed by atoms with E-state index in [1.807, 2.05) is 23.4 Å². The number of likely N-dealkylation sites (tertiary alicyclic amines) is 1. The second kappa shape index (κ2) is 7.83. The monoisotopic (exact) mass is 344 g/mol. The van der Waals surface area contributed by atoms with Gasteiger partial charge in [-0.15, -0.1) is 10.2 Å². The summed E-state index contributed by atoms with van der Waals surface area (Å²) in [6, 6.07) is 10.7. The number of aromatic nitrogens is 3. The Morgan fingerprint density at radius 2 is 2.04 bits per heavy atom. The van der Waals surface area contributed by atoms with Gasteiger partial charge in [-0.1, -0.05) is 42.1 Å². The van der Waals surface area contributed by atoms with Gasteiger partial charge < -0.3 is 9.47 Å². The van der Waals surface area contributed by atoms with Crippen molar-refractivity contribution in [1.82, 2.24) is 19.7 Å². The quantitative estimate of drug-likeness (QED) is 0.800. The Morgan fingerprint density at radius 3 is 2.75 bits per heavy atom. The topological polar surface area (TPSA) is 51.0 Å². The van der Waals surface area contributed by atoms with Crippen LogP contribution >= 0.6 is 11.8 Å². The number of benzene rings is 1. The smallest absolute Gasteiger partial charge is 0.235 e. The van der Waals surface area contributed by atoms with E-state index in [4.69, 9.17) is 0 Å². The zero-order chi connectivity index (χ0) is 16.9. The van der Waals surface area contributed by atoms with Gasteiger partial charge in [0.05, 0.1) is 5.25 Å². The molecule has 24 heavy (non-hydrogen) atoms. The Morgan fingerprint density at radius 1 is 1.25 bits per heavy atom. The molecule has 1 aromatic carbocycles. The van der Waals surface area contributed by atoms with Gasteiger partial charge in [0, 0.05) is 20.1 Å². The van der Waals surface area contributed by atoms with Gasteiger partial charge in [0.1, 0.15) is 6.33 Å². The number of hydrogen-bond donors (Lipinski definition) is 0. The molecule has 1 fully saturated rings. The molecule has 1 aliphatic heterocycles. The minimum Gasteiger partial charge on any atom is -0.342 e. The van der Waals surface area contributed by atoms with Crippen molar-refractivity contribution in [2.75, 3.05) is 13.1 Å². The maximum atomic E-state index is 12.8. The SMILES string of the molecule is CC(Sc1nncn1C)C(=O)N1CCCC(c2ccccc2)CC1. The van der Waals surface area contributed by atoms with Gasteiger partial charge in [-0.3, -0.25) is 4.79 Å². The molecule has 2 aromatic rings. The van der Waals surface area contributed by atoms with E-state index in [0.717, 1.165) is 37.5 Å². The van der Waals surface area contributed by atoms with Gasteiger partial charge in [0.15, 0.2) is 5.16 Å². The summed E-state index contributed by atoms with van der Waals surface area (Å²) in [4.78, 5) is 14.8. The summed E-state index contributed by atoms with van der Waals surface area (Å²) in [5.41, 5.74) is 1.40. The average Bonchev–Trinajstić information content (AvgIpc) is 2.87. The number of carbonyl (C=O) groups is 1. The first-order valence-electron chi connectivity index (χ1n) is 8.49. The standard InChI is InChI=1S/C18H24N4OS/c1-14(24-18-20-19-13-21(18)2)17(23)22-11-6-9-16(10-12-22)15-7-4-3-5-8-15/h3-5,7-8,13-14,16H,6,9-12H2,1-2H3. The molecule has 3 rings (SSSR count). The third-order valence-electron chi connectivity index (χ3n) is 4.61. The predicted octanol–water partition coefficient (Wildman–Crippen LogP) is 3.09. The van der Waals surface area contributed by atoms with E-state index in [-0.39, 0.29) is 11.2 Å². The van der Waals surface area contributed by atoms with E-state index in [0.29, 0.717) is 5.92 Å². The highest BCUT2D eigenvalue weighted by molar-refractivity contribution is 8.00. The Kier molecular flexibility index (Phi) is 5.56. The van der Waals surface area contributed by atoms with E-state index in [2.05, 4.69) is 40.5 Å². The molecule has 2 unspecified atom stereocenters. The van der Waals surface area contributed by atoms with Crippen molar-refractivity contribution < 1.29 is 4.79 Å². The van der Waals surface area contributed by atoms with Crippen molar-refractivity contribution in [3.05, 3.63) is 42.2 Å². The summed E-state index contributed by atoms with van der Waals surface area (Å²) in [6.07, 6.45) is 4.91. The number of nitrogens with zero attached hydrogens (tertiary/aromatic N) is 4. The first-order valence-corrected chi connectivity index (χ1v) is 9.37. The third-order valence-corrected chi connectivity index (χ3v) is 5.75. The van der Waals surface area contributed by atoms with Crippen molar-refractivity contribution in [2.24, 2.45) is 7.05 Å². The van der Waals surface area contributed by atoms with Crippen LogP contribution in [0.3, 0.4) is 0 Å². The minimum absolute atomic E-state index is 0.138. The highest BCUT2D eigenvalue weighted by atomic mass is 32.2. The second-order valence-corrected chi connectivity index (χ2v) is 7.66. The summed E-state index contributed by atoms with van der Waals surface area (Å²) in [6.45, 7) is 3.65. The van der Waals surface area contributed by atoms with Crippen LogP contribution in [0.1, 0.15) is 37.7 Å². The Hall–Kier alpha value is -1.82. The predicted molar refractivity (Wildman–Crippen MR) is 95.9 cm³/mol. The Bertz CT molecular complexity index is 673. The molecule has 2 heterocycles. The first kappa shape index (κ1) is 17.0. The largest absolute Gasteiger partial charge is 0.342 e. The van der Waals surface area contributed by atoms with Crippen molar-refractivity contribution in [2.45, 2.75) is 42.5 Å². The molecule has 6 heteroatoms. The molecule has 0 saturated carbocycles. The lowest BCUT2D eigenvalue weighted by Crippen LogP contribution is -2.37. The molecule has 128 valence electrons. The van der Waals surface area contributed by atoms with Crippen LogP contribution in [0.4, 0.5) is 0 Å². The van der Waals surface area contributed by atoms with E-state index in [1.54, 1.807) is 6.33 Å². The summed E-state index contributed by atoms with van der Waals surface area (Å²) in [5.74, 6) is 0.766. The molecule has 0 aliphatic carbocycles. The van der Waals surface area contributed by atoms with Crippen LogP contribution in [0.25, 0.3) is 0 Å². The Balaban J connectivity index is 1.59. The molecule has 1 aliphatic rings. The number of thioether (sulfide) groups is 1. The molecule has 0 bridgehead atoms. The molecule has 1 amide bonds. The average molecular weight is 344 g/mol. The van der Waals surface area contributed by atoms with Gasteiger partial charge in [0.25, 0.3) is 0 Å². The minimum atomic E-state index is -0.138. The zero-order valence-corrected chi connectivity index (χ0v) is 15.1. The highest BCUT2D eigenvalue weighted by Gasteiger charge is 2.26. The van der Waals surface area contributed by atoms with E-state index >= 15 is 0 Å². The summed E-state index contributed by atoms with van der Waals surface area (Å²) >= 11 is 1.48. The van der Waals surface area contributed by atoms with Crippen LogP contribution < -0.4 is 0 Å². The molecular formula is C18H24N4OS. The summed E-state index contributed by atoms with van der Waals surface area (Å²) in [5, 5.41) is 8.58. The van der Waals surface area contributed by atoms with Crippen LogP contribution in [0.5, 0.6) is 0 Å². The van der Waals surface area contributed by atoms with Crippen LogP contribution in [0.2, 0.25) is 0 Å². The van der Waals surface area contributed by atoms with Crippen molar-refractivity contribution in [1.29, 1.82) is 0 Å². The van der Waals surface area contributed by atoms with E-state index in [9.17, 15) is 4.79 Å². The lowest BCUT2D eigenvalue weighted by Gasteiger charge is -2.24. The molecular weight excluding hydrogens is 320 g/mol. The number of rotatable bonds is 4. The van der Waals surface area contributed by atoms with Crippen molar-refractivity contribution >= 4 is 17.7 Å². The van der Waals surface area contributed by atoms with Crippen molar-refractivity contribution in [3.63, 3.8) is 0 Å². The van der Waals surface area contributed by atoms with Gasteiger partial charge in [-0.25, -0.2) is 0 Å². The van der Waals surface area contributed by atoms with Crippen LogP contribution in [-0.2, 0) is 11.8 Å². The number of hydrogen-bond acceptors (Lipinski definition) is 4. The molecule has 1 aromatic heterocycles. The molecule has 2 atom stereocenters. The second-order valence-electron chi connectivity index (χ2n) is 6.35. The molecule has 0 spiro atoms. The number of carbonyl (C=O) groups excluding carboxylic acids is 1. The van der Waals surface area contributed by atoms with Crippen LogP contribution in [0, 0.1) is 0 Å². The third kappa shape index (κ3) is 3.98. The van der Waals surface area contributed by atoms with Gasteiger partial charge in [-0.05, 0) is 37.7 Å². The fourth-order valence-corrected chi connectivity index (χ4v) is 4.09. The van der Waals surface area contributed by atoms with Crippen LogP contribution in [0.15, 0.2) is 41.8 Å². The number of amides is 1. The van der Waals surface area contributed by atoms with E-state index in [1.165, 1.54) is 17.3 Å². The number of aryl methyl sites for hydroxylation is 1. The molecule has 0 N–H and O–H groups in total. The van der Waals surface area contributed by atoms with E-state index < -0.39 is 0 Å². The van der Waals surface area contributed by atoms with Crippen molar-refractivity contribution in [3.8, 4) is 0 Å². The fourth-order valence-electron chi connectivity index (χ4n) is 3.22. The van der Waals surface area contributed by atoms with Gasteiger partial charge >= 0.3 is 0 Å². The fraction of sp³-hybridized carbons (Fsp3) is 0.500. The summed E-state index contributed by atoms with van der Waals surface area (Å²) in [7, 11) is 1.90. The molecule has 1 saturated heterocycles. The van der Waals surface area contributed by atoms with Gasteiger partial charge in [0.2, 0.25) is 5.91 Å². The lowest BCUT2D eigenvalue weighted by atomic mass is 9.92. The Labute approximate surface area is 147 Å². The zero-order valence-electron chi connectivity index (χ0n) is 14.3. The molecule has 5 nitrogen and oxygen atoms in total. The summed E-state index contributed by atoms with van der Waals surface area (Å²) < 4.78 is 1.85.